The molecule has 0 aromatic heterocycles. The van der Waals surface area contributed by atoms with Crippen LogP contribution in [0.1, 0.15) is 12.0 Å². The van der Waals surface area contributed by atoms with Crippen molar-refractivity contribution in [3.05, 3.63) is 29.8 Å². The van der Waals surface area contributed by atoms with Crippen molar-refractivity contribution in [3.8, 4) is 0 Å². The van der Waals surface area contributed by atoms with Gasteiger partial charge >= 0.3 is 0 Å². The molecule has 1 aromatic rings. The Balaban J connectivity index is 2.12. The van der Waals surface area contributed by atoms with E-state index >= 15 is 0 Å². The summed E-state index contributed by atoms with van der Waals surface area (Å²) in [7, 11) is -3.44. The van der Waals surface area contributed by atoms with Gasteiger partial charge in [-0.1, -0.05) is 12.1 Å². The quantitative estimate of drug-likeness (QED) is 0.807. The highest BCUT2D eigenvalue weighted by Gasteiger charge is 2.23. The molecule has 5 nitrogen and oxygen atoms in total. The molecule has 1 atom stereocenters. The molecule has 0 spiro atoms. The maximum Gasteiger partial charge on any atom is 0.240 e. The lowest BCUT2D eigenvalue weighted by atomic mass is 10.2. The summed E-state index contributed by atoms with van der Waals surface area (Å²) in [6.07, 6.45) is 0.722. The fraction of sp³-hybridized carbons (Fsp3) is 0.455. The highest BCUT2D eigenvalue weighted by atomic mass is 32.2. The van der Waals surface area contributed by atoms with E-state index in [4.69, 9.17) is 10.5 Å². The molecule has 1 unspecified atom stereocenters. The highest BCUT2D eigenvalue weighted by Crippen LogP contribution is 2.13. The Bertz CT molecular complexity index is 464. The molecule has 0 aliphatic carbocycles. The standard InChI is InChI=1S/C11H16N2O3S/c12-7-9-1-3-11(4-2-9)17(14,15)13-10-5-6-16-8-10/h1-4,10,13H,5-8,12H2. The summed E-state index contributed by atoms with van der Waals surface area (Å²) in [4.78, 5) is 0.265. The third kappa shape index (κ3) is 3.04. The number of hydrogen-bond donors (Lipinski definition) is 2. The van der Waals surface area contributed by atoms with Crippen molar-refractivity contribution in [1.82, 2.24) is 4.72 Å². The predicted molar refractivity (Wildman–Crippen MR) is 63.9 cm³/mol. The summed E-state index contributed by atoms with van der Waals surface area (Å²) in [5.41, 5.74) is 6.37. The summed E-state index contributed by atoms with van der Waals surface area (Å²) in [5, 5.41) is 0. The number of nitrogens with two attached hydrogens (primary N) is 1. The summed E-state index contributed by atoms with van der Waals surface area (Å²) in [5.74, 6) is 0. The fourth-order valence-electron chi connectivity index (χ4n) is 1.72. The number of sulfonamides is 1. The fourth-order valence-corrected chi connectivity index (χ4v) is 2.97. The minimum absolute atomic E-state index is 0.116. The highest BCUT2D eigenvalue weighted by molar-refractivity contribution is 7.89. The lowest BCUT2D eigenvalue weighted by Gasteiger charge is -2.11. The summed E-state index contributed by atoms with van der Waals surface area (Å²) in [6.45, 7) is 1.46. The molecule has 17 heavy (non-hydrogen) atoms. The average Bonchev–Trinajstić information content (AvgIpc) is 2.81. The molecule has 0 bridgehead atoms. The van der Waals surface area contributed by atoms with E-state index in [0.29, 0.717) is 19.8 Å². The minimum Gasteiger partial charge on any atom is -0.380 e. The van der Waals surface area contributed by atoms with Crippen LogP contribution in [0.5, 0.6) is 0 Å². The largest absolute Gasteiger partial charge is 0.380 e. The molecule has 2 rings (SSSR count). The number of nitrogens with one attached hydrogen (secondary N) is 1. The van der Waals surface area contributed by atoms with Crippen molar-refractivity contribution in [1.29, 1.82) is 0 Å². The molecule has 1 saturated heterocycles. The SMILES string of the molecule is NCc1ccc(S(=O)(=O)NC2CCOC2)cc1. The van der Waals surface area contributed by atoms with Gasteiger partial charge in [-0.15, -0.1) is 0 Å². The summed E-state index contributed by atoms with van der Waals surface area (Å²) < 4.78 is 31.7. The lowest BCUT2D eigenvalue weighted by molar-refractivity contribution is 0.192. The Labute approximate surface area is 101 Å². The van der Waals surface area contributed by atoms with Crippen molar-refractivity contribution in [2.24, 2.45) is 5.73 Å². The second-order valence-corrected chi connectivity index (χ2v) is 5.74. The molecule has 0 amide bonds. The van der Waals surface area contributed by atoms with E-state index in [1.54, 1.807) is 24.3 Å². The van der Waals surface area contributed by atoms with E-state index in [1.165, 1.54) is 0 Å². The minimum atomic E-state index is -3.44. The molecule has 94 valence electrons. The molecule has 1 aliphatic heterocycles. The lowest BCUT2D eigenvalue weighted by Crippen LogP contribution is -2.34. The van der Waals surface area contributed by atoms with Crippen LogP contribution in [-0.2, 0) is 21.3 Å². The van der Waals surface area contributed by atoms with Crippen LogP contribution in [0.2, 0.25) is 0 Å². The van der Waals surface area contributed by atoms with Crippen LogP contribution < -0.4 is 10.5 Å². The zero-order valence-corrected chi connectivity index (χ0v) is 10.2. The Morgan fingerprint density at radius 2 is 2.06 bits per heavy atom. The van der Waals surface area contributed by atoms with Crippen molar-refractivity contribution in [2.45, 2.75) is 23.9 Å². The first kappa shape index (κ1) is 12.5. The molecule has 6 heteroatoms. The molecular weight excluding hydrogens is 240 g/mol. The van der Waals surface area contributed by atoms with Gasteiger partial charge in [0.2, 0.25) is 10.0 Å². The first-order valence-corrected chi connectivity index (χ1v) is 6.99. The van der Waals surface area contributed by atoms with Crippen LogP contribution in [0.15, 0.2) is 29.2 Å². The monoisotopic (exact) mass is 256 g/mol. The van der Waals surface area contributed by atoms with Gasteiger partial charge in [0.25, 0.3) is 0 Å². The average molecular weight is 256 g/mol. The van der Waals surface area contributed by atoms with E-state index in [0.717, 1.165) is 12.0 Å². The Morgan fingerprint density at radius 3 is 2.59 bits per heavy atom. The van der Waals surface area contributed by atoms with Gasteiger partial charge in [0.15, 0.2) is 0 Å². The van der Waals surface area contributed by atoms with Crippen LogP contribution in [0.3, 0.4) is 0 Å². The van der Waals surface area contributed by atoms with E-state index < -0.39 is 10.0 Å². The molecular formula is C11H16N2O3S. The summed E-state index contributed by atoms with van der Waals surface area (Å²) >= 11 is 0. The van der Waals surface area contributed by atoms with Crippen LogP contribution in [0, 0.1) is 0 Å². The van der Waals surface area contributed by atoms with Crippen molar-refractivity contribution in [2.75, 3.05) is 13.2 Å². The number of benzene rings is 1. The van der Waals surface area contributed by atoms with Crippen molar-refractivity contribution >= 4 is 10.0 Å². The Kier molecular flexibility index (Phi) is 3.78. The van der Waals surface area contributed by atoms with Gasteiger partial charge in [-0.3, -0.25) is 0 Å². The topological polar surface area (TPSA) is 81.4 Å². The Morgan fingerprint density at radius 1 is 1.35 bits per heavy atom. The van der Waals surface area contributed by atoms with E-state index in [-0.39, 0.29) is 10.9 Å². The van der Waals surface area contributed by atoms with Gasteiger partial charge in [0.05, 0.1) is 11.5 Å². The van der Waals surface area contributed by atoms with Crippen LogP contribution >= 0.6 is 0 Å². The van der Waals surface area contributed by atoms with E-state index in [9.17, 15) is 8.42 Å². The van der Waals surface area contributed by atoms with Crippen molar-refractivity contribution in [3.63, 3.8) is 0 Å². The molecule has 0 saturated carbocycles. The van der Waals surface area contributed by atoms with Gasteiger partial charge in [-0.05, 0) is 24.1 Å². The number of hydrogen-bond acceptors (Lipinski definition) is 4. The molecule has 1 heterocycles. The maximum absolute atomic E-state index is 12.0. The second kappa shape index (κ2) is 5.14. The van der Waals surface area contributed by atoms with Gasteiger partial charge in [-0.2, -0.15) is 0 Å². The van der Waals surface area contributed by atoms with Crippen LogP contribution in [0.25, 0.3) is 0 Å². The van der Waals surface area contributed by atoms with E-state index in [2.05, 4.69) is 4.72 Å². The van der Waals surface area contributed by atoms with Gasteiger partial charge < -0.3 is 10.5 Å². The van der Waals surface area contributed by atoms with Crippen LogP contribution in [0.4, 0.5) is 0 Å². The third-order valence-corrected chi connectivity index (χ3v) is 4.26. The van der Waals surface area contributed by atoms with E-state index in [1.807, 2.05) is 0 Å². The summed E-state index contributed by atoms with van der Waals surface area (Å²) in [6, 6.07) is 6.47. The molecule has 1 aromatic carbocycles. The van der Waals surface area contributed by atoms with Gasteiger partial charge in [0, 0.05) is 19.2 Å². The predicted octanol–water partition coefficient (Wildman–Crippen LogP) is 0.213. The van der Waals surface area contributed by atoms with Gasteiger partial charge in [-0.25, -0.2) is 13.1 Å². The number of rotatable bonds is 4. The molecule has 0 radical (unpaired) electrons. The molecule has 1 aliphatic rings. The maximum atomic E-state index is 12.0. The first-order valence-electron chi connectivity index (χ1n) is 5.51. The molecule has 3 N–H and O–H groups in total. The smallest absolute Gasteiger partial charge is 0.240 e. The normalized spacial score (nSPS) is 20.6. The zero-order chi connectivity index (χ0) is 12.3. The first-order chi connectivity index (χ1) is 8.12. The van der Waals surface area contributed by atoms with Crippen LogP contribution in [-0.4, -0.2) is 27.7 Å². The molecule has 1 fully saturated rings. The van der Waals surface area contributed by atoms with Crippen molar-refractivity contribution < 1.29 is 13.2 Å². The van der Waals surface area contributed by atoms with Gasteiger partial charge in [0.1, 0.15) is 0 Å². The second-order valence-electron chi connectivity index (χ2n) is 4.03. The number of ether oxygens (including phenoxy) is 1. The Hall–Kier alpha value is -0.950. The third-order valence-electron chi connectivity index (χ3n) is 2.72. The zero-order valence-electron chi connectivity index (χ0n) is 9.43.